The Labute approximate surface area is 199 Å². The van der Waals surface area contributed by atoms with Crippen molar-refractivity contribution < 1.29 is 35.6 Å². The Morgan fingerprint density at radius 2 is 1.83 bits per heavy atom. The first-order valence-electron chi connectivity index (χ1n) is 10.8. The molecular formula is C24H22F4N2O4S. The minimum atomic E-state index is -4.69. The second kappa shape index (κ2) is 9.10. The van der Waals surface area contributed by atoms with Crippen molar-refractivity contribution in [3.63, 3.8) is 0 Å². The number of hydrogen-bond donors (Lipinski definition) is 1. The molecule has 2 aromatic rings. The van der Waals surface area contributed by atoms with Gasteiger partial charge in [0.25, 0.3) is 5.91 Å². The SMILES string of the molecule is CS(=O)(=O)c1cccc(C(=O)N2CC=C[C@@H]2C(=O)N[C@@H](c2ccc(C(F)(F)F)cc2F)C2CC2)c1. The lowest BCUT2D eigenvalue weighted by Crippen LogP contribution is -2.47. The van der Waals surface area contributed by atoms with E-state index in [-0.39, 0.29) is 28.5 Å². The van der Waals surface area contributed by atoms with E-state index >= 15 is 0 Å². The second-order valence-corrected chi connectivity index (χ2v) is 10.7. The zero-order valence-corrected chi connectivity index (χ0v) is 19.4. The summed E-state index contributed by atoms with van der Waals surface area (Å²) < 4.78 is 77.1. The molecule has 1 heterocycles. The molecule has 0 bridgehead atoms. The molecule has 2 aliphatic rings. The predicted octanol–water partition coefficient (Wildman–Crippen LogP) is 3.90. The minimum absolute atomic E-state index is 0.0388. The smallest absolute Gasteiger partial charge is 0.347 e. The third kappa shape index (κ3) is 5.39. The quantitative estimate of drug-likeness (QED) is 0.472. The number of halogens is 4. The molecular weight excluding hydrogens is 488 g/mol. The summed E-state index contributed by atoms with van der Waals surface area (Å²) in [7, 11) is -3.55. The number of carbonyl (C=O) groups is 2. The summed E-state index contributed by atoms with van der Waals surface area (Å²) in [4.78, 5) is 27.4. The summed E-state index contributed by atoms with van der Waals surface area (Å²) >= 11 is 0. The highest BCUT2D eigenvalue weighted by atomic mass is 32.2. The zero-order chi connectivity index (χ0) is 25.5. The lowest BCUT2D eigenvalue weighted by molar-refractivity contribution is -0.137. The van der Waals surface area contributed by atoms with Crippen LogP contribution in [0.3, 0.4) is 0 Å². The Morgan fingerprint density at radius 3 is 2.43 bits per heavy atom. The van der Waals surface area contributed by atoms with Gasteiger partial charge in [0.05, 0.1) is 16.5 Å². The average Bonchev–Trinajstić information content (AvgIpc) is 3.51. The van der Waals surface area contributed by atoms with Crippen molar-refractivity contribution in [1.29, 1.82) is 0 Å². The van der Waals surface area contributed by atoms with Gasteiger partial charge in [0.1, 0.15) is 11.9 Å². The van der Waals surface area contributed by atoms with E-state index in [4.69, 9.17) is 0 Å². The van der Waals surface area contributed by atoms with Gasteiger partial charge in [0.2, 0.25) is 5.91 Å². The highest BCUT2D eigenvalue weighted by molar-refractivity contribution is 7.90. The molecule has 0 aromatic heterocycles. The Hall–Kier alpha value is -3.21. The Bertz CT molecular complexity index is 1300. The number of nitrogens with one attached hydrogen (secondary N) is 1. The third-order valence-electron chi connectivity index (χ3n) is 6.05. The Balaban J connectivity index is 1.54. The molecule has 4 rings (SSSR count). The maximum absolute atomic E-state index is 14.6. The Morgan fingerprint density at radius 1 is 1.11 bits per heavy atom. The van der Waals surface area contributed by atoms with Gasteiger partial charge in [-0.1, -0.05) is 24.3 Å². The van der Waals surface area contributed by atoms with Crippen LogP contribution in [0.1, 0.15) is 40.4 Å². The van der Waals surface area contributed by atoms with E-state index in [1.54, 1.807) is 6.08 Å². The van der Waals surface area contributed by atoms with Gasteiger partial charge in [-0.25, -0.2) is 12.8 Å². The molecule has 2 aromatic carbocycles. The van der Waals surface area contributed by atoms with Gasteiger partial charge in [-0.15, -0.1) is 0 Å². The van der Waals surface area contributed by atoms with E-state index in [9.17, 15) is 35.6 Å². The van der Waals surface area contributed by atoms with Crippen LogP contribution < -0.4 is 5.32 Å². The molecule has 1 N–H and O–H groups in total. The number of hydrogen-bond acceptors (Lipinski definition) is 4. The van der Waals surface area contributed by atoms with Crippen molar-refractivity contribution in [2.45, 2.75) is 36.0 Å². The average molecular weight is 511 g/mol. The highest BCUT2D eigenvalue weighted by Crippen LogP contribution is 2.42. The number of nitrogens with zero attached hydrogens (tertiary/aromatic N) is 1. The topological polar surface area (TPSA) is 83.6 Å². The molecule has 6 nitrogen and oxygen atoms in total. The van der Waals surface area contributed by atoms with Crippen molar-refractivity contribution in [3.05, 3.63) is 77.1 Å². The van der Waals surface area contributed by atoms with E-state index < -0.39 is 51.3 Å². The van der Waals surface area contributed by atoms with E-state index in [0.29, 0.717) is 18.9 Å². The summed E-state index contributed by atoms with van der Waals surface area (Å²) in [6, 6.07) is 5.80. The van der Waals surface area contributed by atoms with Crippen LogP contribution in [0.2, 0.25) is 0 Å². The van der Waals surface area contributed by atoms with Crippen LogP contribution in [0.15, 0.2) is 59.5 Å². The highest BCUT2D eigenvalue weighted by Gasteiger charge is 2.39. The van der Waals surface area contributed by atoms with E-state index in [0.717, 1.165) is 18.4 Å². The molecule has 1 fully saturated rings. The number of alkyl halides is 3. The number of sulfone groups is 1. The van der Waals surface area contributed by atoms with Gasteiger partial charge in [0, 0.05) is 23.9 Å². The summed E-state index contributed by atoms with van der Waals surface area (Å²) in [6.07, 6.45) is 0.776. The molecule has 1 aliphatic heterocycles. The standard InChI is InChI=1S/C24H22F4N2O4S/c1-35(33,34)17-5-2-4-15(12-17)23(32)30-11-3-6-20(30)22(31)29-21(14-7-8-14)18-10-9-16(13-19(18)25)24(26,27)28/h2-6,9-10,12-14,20-21H,7-8,11H2,1H3,(H,29,31)/t20-,21-/m1/s1. The van der Waals surface area contributed by atoms with Crippen molar-refractivity contribution in [3.8, 4) is 0 Å². The van der Waals surface area contributed by atoms with Crippen molar-refractivity contribution >= 4 is 21.7 Å². The molecule has 11 heteroatoms. The lowest BCUT2D eigenvalue weighted by Gasteiger charge is -2.27. The van der Waals surface area contributed by atoms with Crippen LogP contribution >= 0.6 is 0 Å². The molecule has 2 amide bonds. The van der Waals surface area contributed by atoms with E-state index in [2.05, 4.69) is 5.32 Å². The largest absolute Gasteiger partial charge is 0.416 e. The maximum Gasteiger partial charge on any atom is 0.416 e. The normalized spacial score (nSPS) is 19.0. The summed E-state index contributed by atoms with van der Waals surface area (Å²) in [6.45, 7) is 0.1000. The van der Waals surface area contributed by atoms with Crippen LogP contribution in [0, 0.1) is 11.7 Å². The molecule has 0 radical (unpaired) electrons. The molecule has 1 aliphatic carbocycles. The molecule has 0 unspecified atom stereocenters. The number of carbonyl (C=O) groups excluding carboxylic acids is 2. The van der Waals surface area contributed by atoms with E-state index in [1.807, 2.05) is 0 Å². The van der Waals surface area contributed by atoms with Crippen LogP contribution in [0.25, 0.3) is 0 Å². The van der Waals surface area contributed by atoms with Crippen LogP contribution in [0.4, 0.5) is 17.6 Å². The zero-order valence-electron chi connectivity index (χ0n) is 18.5. The first-order valence-corrected chi connectivity index (χ1v) is 12.7. The Kier molecular flexibility index (Phi) is 6.48. The first-order chi connectivity index (χ1) is 16.4. The first kappa shape index (κ1) is 24.9. The monoisotopic (exact) mass is 510 g/mol. The van der Waals surface area contributed by atoms with Gasteiger partial charge in [-0.3, -0.25) is 9.59 Å². The predicted molar refractivity (Wildman–Crippen MR) is 119 cm³/mol. The molecule has 35 heavy (non-hydrogen) atoms. The van der Waals surface area contributed by atoms with Crippen molar-refractivity contribution in [2.24, 2.45) is 5.92 Å². The fourth-order valence-corrected chi connectivity index (χ4v) is 4.72. The van der Waals surface area contributed by atoms with Crippen molar-refractivity contribution in [2.75, 3.05) is 12.8 Å². The molecule has 2 atom stereocenters. The number of rotatable bonds is 6. The molecule has 0 spiro atoms. The fourth-order valence-electron chi connectivity index (χ4n) is 4.06. The lowest BCUT2D eigenvalue weighted by atomic mass is 9.99. The van der Waals surface area contributed by atoms with Crippen molar-refractivity contribution in [1.82, 2.24) is 10.2 Å². The maximum atomic E-state index is 14.6. The summed E-state index contributed by atoms with van der Waals surface area (Å²) in [5.41, 5.74) is -1.08. The fraction of sp³-hybridized carbons (Fsp3) is 0.333. The minimum Gasteiger partial charge on any atom is -0.347 e. The number of benzene rings is 2. The van der Waals surface area contributed by atoms with Crippen LogP contribution in [0.5, 0.6) is 0 Å². The second-order valence-electron chi connectivity index (χ2n) is 8.69. The van der Waals surface area contributed by atoms with Gasteiger partial charge < -0.3 is 10.2 Å². The van der Waals surface area contributed by atoms with Gasteiger partial charge in [-0.05, 0) is 49.1 Å². The summed E-state index contributed by atoms with van der Waals surface area (Å²) in [5, 5.41) is 2.71. The third-order valence-corrected chi connectivity index (χ3v) is 7.16. The number of amides is 2. The van der Waals surface area contributed by atoms with Crippen LogP contribution in [-0.2, 0) is 20.8 Å². The van der Waals surface area contributed by atoms with Gasteiger partial charge >= 0.3 is 6.18 Å². The molecule has 186 valence electrons. The van der Waals surface area contributed by atoms with Gasteiger partial charge in [-0.2, -0.15) is 13.2 Å². The van der Waals surface area contributed by atoms with E-state index in [1.165, 1.54) is 35.2 Å². The summed E-state index contributed by atoms with van der Waals surface area (Å²) in [5.74, 6) is -2.37. The molecule has 0 saturated heterocycles. The van der Waals surface area contributed by atoms with Crippen LogP contribution in [-0.4, -0.2) is 44.0 Å². The molecule has 1 saturated carbocycles. The van der Waals surface area contributed by atoms with Gasteiger partial charge in [0.15, 0.2) is 9.84 Å².